The highest BCUT2D eigenvalue weighted by Crippen LogP contribution is 2.27. The van der Waals surface area contributed by atoms with E-state index in [0.29, 0.717) is 0 Å². The minimum atomic E-state index is 0. The Kier molecular flexibility index (Phi) is 7.49. The van der Waals surface area contributed by atoms with Gasteiger partial charge in [0.1, 0.15) is 0 Å². The van der Waals surface area contributed by atoms with Gasteiger partial charge in [-0.1, -0.05) is 18.2 Å². The SMILES string of the molecule is CN=C(NCCN1CCN(C(C)=O)CC1)N1CCc2ccccc21.I. The van der Waals surface area contributed by atoms with Gasteiger partial charge in [-0.25, -0.2) is 0 Å². The molecule has 0 aromatic heterocycles. The van der Waals surface area contributed by atoms with Crippen LogP contribution in [0.25, 0.3) is 0 Å². The molecule has 7 heteroatoms. The van der Waals surface area contributed by atoms with E-state index in [9.17, 15) is 4.79 Å². The normalized spacial score (nSPS) is 17.9. The lowest BCUT2D eigenvalue weighted by Crippen LogP contribution is -2.50. The van der Waals surface area contributed by atoms with Crippen molar-refractivity contribution in [2.45, 2.75) is 13.3 Å². The van der Waals surface area contributed by atoms with E-state index in [1.165, 1.54) is 11.3 Å². The molecule has 0 atom stereocenters. The second kappa shape index (κ2) is 9.38. The van der Waals surface area contributed by atoms with Crippen molar-refractivity contribution in [1.29, 1.82) is 0 Å². The topological polar surface area (TPSA) is 51.2 Å². The van der Waals surface area contributed by atoms with Crippen LogP contribution in [0.2, 0.25) is 0 Å². The summed E-state index contributed by atoms with van der Waals surface area (Å²) in [5.41, 5.74) is 2.65. The van der Waals surface area contributed by atoms with Gasteiger partial charge in [0.2, 0.25) is 5.91 Å². The molecule has 1 saturated heterocycles. The molecule has 2 aliphatic rings. The molecule has 25 heavy (non-hydrogen) atoms. The Morgan fingerprint density at radius 1 is 1.16 bits per heavy atom. The maximum absolute atomic E-state index is 11.4. The molecule has 0 saturated carbocycles. The number of carbonyl (C=O) groups is 1. The number of fused-ring (bicyclic) bond motifs is 1. The molecule has 3 rings (SSSR count). The van der Waals surface area contributed by atoms with E-state index in [1.54, 1.807) is 6.92 Å². The summed E-state index contributed by atoms with van der Waals surface area (Å²) < 4.78 is 0. The second-order valence-electron chi connectivity index (χ2n) is 6.35. The van der Waals surface area contributed by atoms with Gasteiger partial charge in [0, 0.05) is 65.5 Å². The standard InChI is InChI=1S/C18H27N5O.HI/c1-15(24)22-13-11-21(12-14-22)10-8-20-18(19-2)23-9-7-16-5-3-4-6-17(16)23;/h3-6H,7-14H2,1-2H3,(H,19,20);1H. The lowest BCUT2D eigenvalue weighted by atomic mass is 10.2. The molecule has 1 amide bonds. The number of para-hydroxylation sites is 1. The summed E-state index contributed by atoms with van der Waals surface area (Å²) in [5.74, 6) is 1.13. The van der Waals surface area contributed by atoms with Crippen molar-refractivity contribution < 1.29 is 4.79 Å². The first-order valence-electron chi connectivity index (χ1n) is 8.73. The van der Waals surface area contributed by atoms with E-state index in [2.05, 4.69) is 44.4 Å². The second-order valence-corrected chi connectivity index (χ2v) is 6.35. The number of aliphatic imine (C=N–C) groups is 1. The van der Waals surface area contributed by atoms with Crippen LogP contribution in [0.3, 0.4) is 0 Å². The Morgan fingerprint density at radius 2 is 1.88 bits per heavy atom. The average molecular weight is 457 g/mol. The molecule has 2 aliphatic heterocycles. The maximum Gasteiger partial charge on any atom is 0.219 e. The molecule has 138 valence electrons. The quantitative estimate of drug-likeness (QED) is 0.424. The minimum Gasteiger partial charge on any atom is -0.355 e. The van der Waals surface area contributed by atoms with Crippen molar-refractivity contribution in [3.05, 3.63) is 29.8 Å². The number of rotatable bonds is 3. The van der Waals surface area contributed by atoms with Gasteiger partial charge < -0.3 is 15.1 Å². The van der Waals surface area contributed by atoms with E-state index in [-0.39, 0.29) is 29.9 Å². The molecular formula is C18H28IN5O. The summed E-state index contributed by atoms with van der Waals surface area (Å²) in [7, 11) is 1.84. The first kappa shape index (κ1) is 20.0. The molecule has 0 bridgehead atoms. The van der Waals surface area contributed by atoms with Crippen LogP contribution in [0.1, 0.15) is 12.5 Å². The Balaban J connectivity index is 0.00000225. The van der Waals surface area contributed by atoms with Crippen molar-refractivity contribution in [3.63, 3.8) is 0 Å². The summed E-state index contributed by atoms with van der Waals surface area (Å²) in [6, 6.07) is 8.53. The number of amides is 1. The summed E-state index contributed by atoms with van der Waals surface area (Å²) in [6.07, 6.45) is 1.07. The number of hydrogen-bond donors (Lipinski definition) is 1. The summed E-state index contributed by atoms with van der Waals surface area (Å²) in [4.78, 5) is 22.4. The van der Waals surface area contributed by atoms with Crippen molar-refractivity contribution >= 4 is 41.5 Å². The van der Waals surface area contributed by atoms with Gasteiger partial charge in [-0.15, -0.1) is 24.0 Å². The smallest absolute Gasteiger partial charge is 0.219 e. The van der Waals surface area contributed by atoms with Gasteiger partial charge in [0.25, 0.3) is 0 Å². The Bertz CT molecular complexity index is 613. The monoisotopic (exact) mass is 457 g/mol. The number of guanidine groups is 1. The Morgan fingerprint density at radius 3 is 2.56 bits per heavy atom. The molecule has 1 aromatic rings. The lowest BCUT2D eigenvalue weighted by molar-refractivity contribution is -0.130. The van der Waals surface area contributed by atoms with Crippen molar-refractivity contribution in [3.8, 4) is 0 Å². The predicted molar refractivity (Wildman–Crippen MR) is 113 cm³/mol. The first-order valence-corrected chi connectivity index (χ1v) is 8.73. The number of nitrogens with one attached hydrogen (secondary N) is 1. The fraction of sp³-hybridized carbons (Fsp3) is 0.556. The van der Waals surface area contributed by atoms with Gasteiger partial charge in [-0.2, -0.15) is 0 Å². The highest BCUT2D eigenvalue weighted by Gasteiger charge is 2.23. The van der Waals surface area contributed by atoms with Crippen molar-refractivity contribution in [2.75, 3.05) is 57.8 Å². The predicted octanol–water partition coefficient (Wildman–Crippen LogP) is 1.41. The molecule has 0 unspecified atom stereocenters. The van der Waals surface area contributed by atoms with Gasteiger partial charge >= 0.3 is 0 Å². The Labute approximate surface area is 167 Å². The molecular weight excluding hydrogens is 429 g/mol. The van der Waals surface area contributed by atoms with Crippen LogP contribution in [0.5, 0.6) is 0 Å². The third kappa shape index (κ3) is 4.84. The van der Waals surface area contributed by atoms with Crippen LogP contribution in [0, 0.1) is 0 Å². The molecule has 6 nitrogen and oxygen atoms in total. The van der Waals surface area contributed by atoms with Crippen LogP contribution in [-0.2, 0) is 11.2 Å². The van der Waals surface area contributed by atoms with Gasteiger partial charge in [0.05, 0.1) is 0 Å². The van der Waals surface area contributed by atoms with Crippen molar-refractivity contribution in [1.82, 2.24) is 15.1 Å². The number of halogens is 1. The number of nitrogens with zero attached hydrogens (tertiary/aromatic N) is 4. The largest absolute Gasteiger partial charge is 0.355 e. The van der Waals surface area contributed by atoms with Gasteiger partial charge in [-0.3, -0.25) is 14.7 Å². The lowest BCUT2D eigenvalue weighted by Gasteiger charge is -2.34. The fourth-order valence-electron chi connectivity index (χ4n) is 3.47. The molecule has 1 fully saturated rings. The van der Waals surface area contributed by atoms with Crippen LogP contribution in [0.15, 0.2) is 29.3 Å². The number of carbonyl (C=O) groups excluding carboxylic acids is 1. The highest BCUT2D eigenvalue weighted by molar-refractivity contribution is 14.0. The molecule has 0 radical (unpaired) electrons. The van der Waals surface area contributed by atoms with Crippen molar-refractivity contribution in [2.24, 2.45) is 4.99 Å². The zero-order valence-corrected chi connectivity index (χ0v) is 17.4. The fourth-order valence-corrected chi connectivity index (χ4v) is 3.47. The highest BCUT2D eigenvalue weighted by atomic mass is 127. The maximum atomic E-state index is 11.4. The van der Waals surface area contributed by atoms with E-state index in [4.69, 9.17) is 0 Å². The number of benzene rings is 1. The number of piperazine rings is 1. The van der Waals surface area contributed by atoms with Crippen LogP contribution in [-0.4, -0.2) is 74.5 Å². The summed E-state index contributed by atoms with van der Waals surface area (Å²) in [5, 5.41) is 3.49. The molecule has 1 aromatic carbocycles. The van der Waals surface area contributed by atoms with E-state index < -0.39 is 0 Å². The third-order valence-electron chi connectivity index (χ3n) is 4.88. The molecule has 2 heterocycles. The number of anilines is 1. The minimum absolute atomic E-state index is 0. The van der Waals surface area contributed by atoms with Crippen LogP contribution < -0.4 is 10.2 Å². The van der Waals surface area contributed by atoms with E-state index in [0.717, 1.165) is 58.2 Å². The van der Waals surface area contributed by atoms with E-state index >= 15 is 0 Å². The molecule has 1 N–H and O–H groups in total. The third-order valence-corrected chi connectivity index (χ3v) is 4.88. The van der Waals surface area contributed by atoms with E-state index in [1.807, 2.05) is 11.9 Å². The average Bonchev–Trinajstić information content (AvgIpc) is 3.03. The molecule has 0 aliphatic carbocycles. The van der Waals surface area contributed by atoms with Gasteiger partial charge in [-0.05, 0) is 18.1 Å². The summed E-state index contributed by atoms with van der Waals surface area (Å²) in [6.45, 7) is 8.04. The van der Waals surface area contributed by atoms with Crippen LogP contribution in [0.4, 0.5) is 5.69 Å². The first-order chi connectivity index (χ1) is 11.7. The number of hydrogen-bond acceptors (Lipinski definition) is 3. The zero-order chi connectivity index (χ0) is 16.9. The zero-order valence-electron chi connectivity index (χ0n) is 15.1. The molecule has 0 spiro atoms. The Hall–Kier alpha value is -1.35. The summed E-state index contributed by atoms with van der Waals surface area (Å²) >= 11 is 0. The van der Waals surface area contributed by atoms with Gasteiger partial charge in [0.15, 0.2) is 5.96 Å². The van der Waals surface area contributed by atoms with Crippen LogP contribution >= 0.6 is 24.0 Å².